The minimum Gasteiger partial charge on any atom is -0.398 e. The highest BCUT2D eigenvalue weighted by molar-refractivity contribution is 9.10. The molecule has 7 heteroatoms. The lowest BCUT2D eigenvalue weighted by molar-refractivity contribution is -0.184. The first kappa shape index (κ1) is 15.2. The predicted octanol–water partition coefficient (Wildman–Crippen LogP) is 3.45. The fraction of sp³-hybridized carbons (Fsp3) is 0.462. The van der Waals surface area contributed by atoms with Gasteiger partial charge in [0.2, 0.25) is 0 Å². The molecule has 2 N–H and O–H groups in total. The average Bonchev–Trinajstić information content (AvgIpc) is 2.40. The zero-order valence-electron chi connectivity index (χ0n) is 10.6. The first-order valence-corrected chi connectivity index (χ1v) is 6.99. The van der Waals surface area contributed by atoms with Crippen molar-refractivity contribution in [1.29, 1.82) is 0 Å². The maximum absolute atomic E-state index is 12.7. The van der Waals surface area contributed by atoms with E-state index in [1.165, 1.54) is 11.0 Å². The number of hydrogen-bond acceptors (Lipinski definition) is 2. The standard InChI is InChI=1S/C13H14BrF3N2O/c14-10-4-3-8(6-11(10)18)12(20)19-5-1-2-9(7-19)13(15,16)17/h3-4,6,9H,1-2,5,7,18H2. The van der Waals surface area contributed by atoms with E-state index in [4.69, 9.17) is 5.73 Å². The van der Waals surface area contributed by atoms with Gasteiger partial charge in [-0.3, -0.25) is 4.79 Å². The number of piperidine rings is 1. The third-order valence-electron chi connectivity index (χ3n) is 3.41. The first-order valence-electron chi connectivity index (χ1n) is 6.20. The van der Waals surface area contributed by atoms with Gasteiger partial charge in [-0.15, -0.1) is 0 Å². The maximum Gasteiger partial charge on any atom is 0.393 e. The molecule has 1 saturated heterocycles. The van der Waals surface area contributed by atoms with Crippen LogP contribution >= 0.6 is 15.9 Å². The Morgan fingerprint density at radius 2 is 2.10 bits per heavy atom. The second kappa shape index (κ2) is 5.63. The Hall–Kier alpha value is -1.24. The molecule has 1 aromatic rings. The van der Waals surface area contributed by atoms with Crippen molar-refractivity contribution in [3.8, 4) is 0 Å². The van der Waals surface area contributed by atoms with Crippen LogP contribution in [0.5, 0.6) is 0 Å². The highest BCUT2D eigenvalue weighted by atomic mass is 79.9. The smallest absolute Gasteiger partial charge is 0.393 e. The van der Waals surface area contributed by atoms with Crippen LogP contribution in [0.25, 0.3) is 0 Å². The molecular weight excluding hydrogens is 337 g/mol. The second-order valence-corrected chi connectivity index (χ2v) is 5.72. The summed E-state index contributed by atoms with van der Waals surface area (Å²) < 4.78 is 38.9. The Labute approximate surface area is 123 Å². The third kappa shape index (κ3) is 3.26. The van der Waals surface area contributed by atoms with Gasteiger partial charge in [0.15, 0.2) is 0 Å². The lowest BCUT2D eigenvalue weighted by Gasteiger charge is -2.33. The minimum atomic E-state index is -4.25. The van der Waals surface area contributed by atoms with Crippen LogP contribution in [-0.4, -0.2) is 30.1 Å². The molecule has 20 heavy (non-hydrogen) atoms. The number of benzene rings is 1. The summed E-state index contributed by atoms with van der Waals surface area (Å²) in [6, 6.07) is 4.65. The van der Waals surface area contributed by atoms with Gasteiger partial charge < -0.3 is 10.6 Å². The van der Waals surface area contributed by atoms with Crippen molar-refractivity contribution in [2.24, 2.45) is 5.92 Å². The van der Waals surface area contributed by atoms with Gasteiger partial charge in [-0.25, -0.2) is 0 Å². The van der Waals surface area contributed by atoms with Crippen LogP contribution in [0.4, 0.5) is 18.9 Å². The molecule has 1 unspecified atom stereocenters. The van der Waals surface area contributed by atoms with E-state index >= 15 is 0 Å². The van der Waals surface area contributed by atoms with Gasteiger partial charge in [-0.1, -0.05) is 0 Å². The van der Waals surface area contributed by atoms with Gasteiger partial charge in [0, 0.05) is 28.8 Å². The molecule has 2 rings (SSSR count). The van der Waals surface area contributed by atoms with Crippen LogP contribution in [0.3, 0.4) is 0 Å². The lowest BCUT2D eigenvalue weighted by atomic mass is 9.97. The normalized spacial score (nSPS) is 20.0. The summed E-state index contributed by atoms with van der Waals surface area (Å²) in [5.74, 6) is -1.84. The van der Waals surface area contributed by atoms with Crippen LogP contribution in [-0.2, 0) is 0 Å². The Morgan fingerprint density at radius 3 is 2.70 bits per heavy atom. The zero-order chi connectivity index (χ0) is 14.9. The number of rotatable bonds is 1. The van der Waals surface area contributed by atoms with E-state index in [1.54, 1.807) is 12.1 Å². The van der Waals surface area contributed by atoms with Crippen molar-refractivity contribution in [2.75, 3.05) is 18.8 Å². The van der Waals surface area contributed by atoms with Crippen molar-refractivity contribution < 1.29 is 18.0 Å². The number of nitrogens with two attached hydrogens (primary N) is 1. The lowest BCUT2D eigenvalue weighted by Crippen LogP contribution is -2.44. The Morgan fingerprint density at radius 1 is 1.40 bits per heavy atom. The molecule has 1 aromatic carbocycles. The summed E-state index contributed by atoms with van der Waals surface area (Å²) in [6.07, 6.45) is -3.81. The summed E-state index contributed by atoms with van der Waals surface area (Å²) in [5, 5.41) is 0. The molecule has 0 saturated carbocycles. The van der Waals surface area contributed by atoms with Crippen LogP contribution in [0.2, 0.25) is 0 Å². The van der Waals surface area contributed by atoms with Gasteiger partial charge in [-0.05, 0) is 47.0 Å². The van der Waals surface area contributed by atoms with Gasteiger partial charge in [0.25, 0.3) is 5.91 Å². The SMILES string of the molecule is Nc1cc(C(=O)N2CCCC(C(F)(F)F)C2)ccc1Br. The number of anilines is 1. The van der Waals surface area contributed by atoms with E-state index < -0.39 is 18.0 Å². The number of nitrogen functional groups attached to an aromatic ring is 1. The maximum atomic E-state index is 12.7. The highest BCUT2D eigenvalue weighted by Gasteiger charge is 2.42. The molecule has 0 aromatic heterocycles. The fourth-order valence-electron chi connectivity index (χ4n) is 2.29. The Balaban J connectivity index is 2.14. The summed E-state index contributed by atoms with van der Waals surface area (Å²) in [6.45, 7) is 0.0691. The van der Waals surface area contributed by atoms with Crippen molar-refractivity contribution in [2.45, 2.75) is 19.0 Å². The number of halogens is 4. The van der Waals surface area contributed by atoms with E-state index in [0.717, 1.165) is 0 Å². The number of hydrogen-bond donors (Lipinski definition) is 1. The van der Waals surface area contributed by atoms with Crippen molar-refractivity contribution in [3.63, 3.8) is 0 Å². The number of likely N-dealkylation sites (tertiary alicyclic amines) is 1. The molecule has 1 aliphatic heterocycles. The summed E-state index contributed by atoms with van der Waals surface area (Å²) in [4.78, 5) is 13.5. The largest absolute Gasteiger partial charge is 0.398 e. The third-order valence-corrected chi connectivity index (χ3v) is 4.14. The van der Waals surface area contributed by atoms with E-state index in [1.807, 2.05) is 0 Å². The summed E-state index contributed by atoms with van der Waals surface area (Å²) in [7, 11) is 0. The molecule has 110 valence electrons. The fourth-order valence-corrected chi connectivity index (χ4v) is 2.53. The van der Waals surface area contributed by atoms with E-state index in [0.29, 0.717) is 28.7 Å². The van der Waals surface area contributed by atoms with Gasteiger partial charge in [0.1, 0.15) is 0 Å². The molecule has 0 bridgehead atoms. The average molecular weight is 351 g/mol. The highest BCUT2D eigenvalue weighted by Crippen LogP contribution is 2.33. The van der Waals surface area contributed by atoms with Gasteiger partial charge in [0.05, 0.1) is 5.92 Å². The van der Waals surface area contributed by atoms with E-state index in [2.05, 4.69) is 15.9 Å². The molecule has 0 aliphatic carbocycles. The first-order chi connectivity index (χ1) is 9.29. The second-order valence-electron chi connectivity index (χ2n) is 4.87. The van der Waals surface area contributed by atoms with Crippen molar-refractivity contribution in [1.82, 2.24) is 4.90 Å². The van der Waals surface area contributed by atoms with Crippen LogP contribution in [0.1, 0.15) is 23.2 Å². The number of carbonyl (C=O) groups excluding carboxylic acids is 1. The predicted molar refractivity (Wildman–Crippen MR) is 73.2 cm³/mol. The molecule has 1 amide bonds. The van der Waals surface area contributed by atoms with Gasteiger partial charge >= 0.3 is 6.18 Å². The van der Waals surface area contributed by atoms with Crippen molar-refractivity contribution >= 4 is 27.5 Å². The Bertz CT molecular complexity index is 519. The van der Waals surface area contributed by atoms with Crippen LogP contribution < -0.4 is 5.73 Å². The summed E-state index contributed by atoms with van der Waals surface area (Å²) >= 11 is 3.21. The number of alkyl halides is 3. The number of nitrogens with zero attached hydrogens (tertiary/aromatic N) is 1. The number of amides is 1. The van der Waals surface area contributed by atoms with Crippen molar-refractivity contribution in [3.05, 3.63) is 28.2 Å². The van der Waals surface area contributed by atoms with Crippen LogP contribution in [0, 0.1) is 5.92 Å². The molecule has 1 heterocycles. The molecule has 1 atom stereocenters. The zero-order valence-corrected chi connectivity index (χ0v) is 12.2. The molecule has 1 aliphatic rings. The Kier molecular flexibility index (Phi) is 4.27. The molecular formula is C13H14BrF3N2O. The van der Waals surface area contributed by atoms with Gasteiger partial charge in [-0.2, -0.15) is 13.2 Å². The molecule has 0 spiro atoms. The monoisotopic (exact) mass is 350 g/mol. The van der Waals surface area contributed by atoms with Crippen LogP contribution in [0.15, 0.2) is 22.7 Å². The molecule has 1 fully saturated rings. The topological polar surface area (TPSA) is 46.3 Å². The molecule has 0 radical (unpaired) electrons. The quantitative estimate of drug-likeness (QED) is 0.788. The van der Waals surface area contributed by atoms with E-state index in [9.17, 15) is 18.0 Å². The number of carbonyl (C=O) groups is 1. The minimum absolute atomic E-state index is 0.0791. The van der Waals surface area contributed by atoms with E-state index in [-0.39, 0.29) is 13.0 Å². The molecule has 3 nitrogen and oxygen atoms in total. The summed E-state index contributed by atoms with van der Waals surface area (Å²) in [5.41, 5.74) is 6.39.